The number of fused-ring (bicyclic) bond motifs is 3. The van der Waals surface area contributed by atoms with Gasteiger partial charge in [0.25, 0.3) is 0 Å². The van der Waals surface area contributed by atoms with E-state index in [0.717, 1.165) is 55.4 Å². The summed E-state index contributed by atoms with van der Waals surface area (Å²) in [4.78, 5) is 15.1. The standard InChI is InChI=1S/C39H25N3S/c1-4-12-26(13-5-1)31-18-10-11-19-33(31)39-42-34-23-21-29-24-30(20-22-32(29)37(34)43-39)36-25-35(27-14-6-2-7-15-27)40-38(41-36)28-16-8-3-9-17-28/h1-25H. The van der Waals surface area contributed by atoms with Crippen molar-refractivity contribution in [2.45, 2.75) is 0 Å². The molecule has 4 heteroatoms. The Hall–Kier alpha value is -5.45. The van der Waals surface area contributed by atoms with Crippen LogP contribution in [0.15, 0.2) is 152 Å². The average molecular weight is 568 g/mol. The second-order valence-corrected chi connectivity index (χ2v) is 11.5. The summed E-state index contributed by atoms with van der Waals surface area (Å²) < 4.78 is 1.19. The molecule has 0 aliphatic rings. The molecule has 0 spiro atoms. The Morgan fingerprint density at radius 3 is 1.74 bits per heavy atom. The summed E-state index contributed by atoms with van der Waals surface area (Å²) in [6.07, 6.45) is 0. The summed E-state index contributed by atoms with van der Waals surface area (Å²) >= 11 is 1.75. The summed E-state index contributed by atoms with van der Waals surface area (Å²) in [7, 11) is 0. The van der Waals surface area contributed by atoms with Crippen molar-refractivity contribution in [2.24, 2.45) is 0 Å². The highest BCUT2D eigenvalue weighted by Gasteiger charge is 2.15. The van der Waals surface area contributed by atoms with Crippen molar-refractivity contribution < 1.29 is 0 Å². The smallest absolute Gasteiger partial charge is 0.160 e. The van der Waals surface area contributed by atoms with Gasteiger partial charge in [0.15, 0.2) is 5.82 Å². The maximum atomic E-state index is 5.09. The molecule has 2 heterocycles. The van der Waals surface area contributed by atoms with Crippen LogP contribution in [0.3, 0.4) is 0 Å². The molecular weight excluding hydrogens is 543 g/mol. The molecule has 0 aliphatic heterocycles. The summed E-state index contributed by atoms with van der Waals surface area (Å²) in [6, 6.07) is 52.6. The molecule has 8 aromatic rings. The van der Waals surface area contributed by atoms with Gasteiger partial charge in [0.05, 0.1) is 21.6 Å². The number of benzene rings is 6. The fraction of sp³-hybridized carbons (Fsp3) is 0. The third kappa shape index (κ3) is 4.78. The van der Waals surface area contributed by atoms with Crippen molar-refractivity contribution in [2.75, 3.05) is 0 Å². The lowest BCUT2D eigenvalue weighted by atomic mass is 10.0. The molecule has 8 rings (SSSR count). The summed E-state index contributed by atoms with van der Waals surface area (Å²) in [5, 5.41) is 3.39. The van der Waals surface area contributed by atoms with E-state index in [9.17, 15) is 0 Å². The van der Waals surface area contributed by atoms with Crippen LogP contribution in [0.2, 0.25) is 0 Å². The van der Waals surface area contributed by atoms with Crippen LogP contribution in [-0.2, 0) is 0 Å². The summed E-state index contributed by atoms with van der Waals surface area (Å²) in [5.74, 6) is 0.719. The first kappa shape index (κ1) is 25.3. The fourth-order valence-electron chi connectivity index (χ4n) is 5.60. The maximum Gasteiger partial charge on any atom is 0.160 e. The van der Waals surface area contributed by atoms with E-state index in [1.54, 1.807) is 11.3 Å². The Bertz CT molecular complexity index is 2170. The van der Waals surface area contributed by atoms with E-state index < -0.39 is 0 Å². The molecule has 3 nitrogen and oxygen atoms in total. The second kappa shape index (κ2) is 10.8. The van der Waals surface area contributed by atoms with Gasteiger partial charge in [-0.3, -0.25) is 0 Å². The van der Waals surface area contributed by atoms with E-state index in [-0.39, 0.29) is 0 Å². The van der Waals surface area contributed by atoms with Gasteiger partial charge in [-0.2, -0.15) is 0 Å². The van der Waals surface area contributed by atoms with E-state index in [4.69, 9.17) is 15.0 Å². The van der Waals surface area contributed by atoms with E-state index in [2.05, 4.69) is 115 Å². The zero-order valence-electron chi connectivity index (χ0n) is 23.2. The first-order valence-electron chi connectivity index (χ1n) is 14.3. The number of hydrogen-bond acceptors (Lipinski definition) is 4. The highest BCUT2D eigenvalue weighted by molar-refractivity contribution is 7.22. The number of aromatic nitrogens is 3. The molecule has 0 unspecified atom stereocenters. The van der Waals surface area contributed by atoms with Crippen LogP contribution < -0.4 is 0 Å². The van der Waals surface area contributed by atoms with Crippen molar-refractivity contribution in [1.82, 2.24) is 15.0 Å². The van der Waals surface area contributed by atoms with Crippen molar-refractivity contribution >= 4 is 32.3 Å². The molecule has 2 aromatic heterocycles. The topological polar surface area (TPSA) is 38.7 Å². The van der Waals surface area contributed by atoms with E-state index >= 15 is 0 Å². The summed E-state index contributed by atoms with van der Waals surface area (Å²) in [5.41, 5.74) is 9.49. The van der Waals surface area contributed by atoms with Crippen LogP contribution in [0.1, 0.15) is 0 Å². The number of rotatable bonds is 5. The van der Waals surface area contributed by atoms with Crippen LogP contribution in [0.4, 0.5) is 0 Å². The Labute approximate surface area is 253 Å². The summed E-state index contributed by atoms with van der Waals surface area (Å²) in [6.45, 7) is 0. The number of hydrogen-bond donors (Lipinski definition) is 0. The minimum absolute atomic E-state index is 0.719. The van der Waals surface area contributed by atoms with Gasteiger partial charge in [-0.1, -0.05) is 133 Å². The molecule has 43 heavy (non-hydrogen) atoms. The molecule has 202 valence electrons. The minimum atomic E-state index is 0.719. The van der Waals surface area contributed by atoms with Crippen molar-refractivity contribution in [3.05, 3.63) is 152 Å². The van der Waals surface area contributed by atoms with Crippen LogP contribution in [-0.4, -0.2) is 15.0 Å². The minimum Gasteiger partial charge on any atom is -0.236 e. The van der Waals surface area contributed by atoms with Crippen molar-refractivity contribution in [3.63, 3.8) is 0 Å². The Morgan fingerprint density at radius 1 is 0.419 bits per heavy atom. The van der Waals surface area contributed by atoms with Crippen molar-refractivity contribution in [1.29, 1.82) is 0 Å². The van der Waals surface area contributed by atoms with Crippen molar-refractivity contribution in [3.8, 4) is 55.6 Å². The van der Waals surface area contributed by atoms with Gasteiger partial charge in [0.2, 0.25) is 0 Å². The monoisotopic (exact) mass is 567 g/mol. The van der Waals surface area contributed by atoms with Gasteiger partial charge in [-0.15, -0.1) is 11.3 Å². The van der Waals surface area contributed by atoms with Gasteiger partial charge < -0.3 is 0 Å². The Kier molecular flexibility index (Phi) is 6.32. The Morgan fingerprint density at radius 2 is 1.02 bits per heavy atom. The molecule has 0 atom stereocenters. The molecule has 0 N–H and O–H groups in total. The highest BCUT2D eigenvalue weighted by Crippen LogP contribution is 2.40. The molecule has 0 bridgehead atoms. The van der Waals surface area contributed by atoms with Crippen LogP contribution in [0, 0.1) is 0 Å². The molecule has 0 saturated carbocycles. The van der Waals surface area contributed by atoms with Crippen LogP contribution in [0.25, 0.3) is 76.6 Å². The zero-order valence-corrected chi connectivity index (χ0v) is 24.0. The molecule has 0 saturated heterocycles. The lowest BCUT2D eigenvalue weighted by Gasteiger charge is -2.10. The van der Waals surface area contributed by atoms with E-state index in [0.29, 0.717) is 0 Å². The quantitative estimate of drug-likeness (QED) is 0.208. The Balaban J connectivity index is 1.24. The average Bonchev–Trinajstić information content (AvgIpc) is 3.54. The zero-order chi connectivity index (χ0) is 28.6. The largest absolute Gasteiger partial charge is 0.236 e. The third-order valence-corrected chi connectivity index (χ3v) is 8.87. The first-order valence-corrected chi connectivity index (χ1v) is 15.1. The van der Waals surface area contributed by atoms with Crippen LogP contribution >= 0.6 is 11.3 Å². The SMILES string of the molecule is c1ccc(-c2cc(-c3ccc4c(ccc5nc(-c6ccccc6-c6ccccc6)sc54)c3)nc(-c3ccccc3)n2)cc1. The maximum absolute atomic E-state index is 5.09. The predicted molar refractivity (Wildman–Crippen MR) is 180 cm³/mol. The lowest BCUT2D eigenvalue weighted by molar-refractivity contribution is 1.18. The molecule has 0 fully saturated rings. The van der Waals surface area contributed by atoms with Gasteiger partial charge in [0, 0.05) is 27.6 Å². The lowest BCUT2D eigenvalue weighted by Crippen LogP contribution is -1.95. The van der Waals surface area contributed by atoms with Crippen LogP contribution in [0.5, 0.6) is 0 Å². The fourth-order valence-corrected chi connectivity index (χ4v) is 6.74. The third-order valence-electron chi connectivity index (χ3n) is 7.74. The van der Waals surface area contributed by atoms with E-state index in [1.165, 1.54) is 21.2 Å². The van der Waals surface area contributed by atoms with Gasteiger partial charge in [-0.05, 0) is 34.7 Å². The van der Waals surface area contributed by atoms with E-state index in [1.807, 2.05) is 36.4 Å². The predicted octanol–water partition coefficient (Wildman–Crippen LogP) is 10.6. The number of nitrogens with zero attached hydrogens (tertiary/aromatic N) is 3. The normalized spacial score (nSPS) is 11.3. The molecular formula is C39H25N3S. The highest BCUT2D eigenvalue weighted by atomic mass is 32.1. The molecule has 0 radical (unpaired) electrons. The van der Waals surface area contributed by atoms with Gasteiger partial charge in [-0.25, -0.2) is 15.0 Å². The molecule has 0 amide bonds. The first-order chi connectivity index (χ1) is 21.3. The second-order valence-electron chi connectivity index (χ2n) is 10.5. The molecule has 0 aliphatic carbocycles. The molecule has 6 aromatic carbocycles. The number of thiazole rings is 1. The van der Waals surface area contributed by atoms with Gasteiger partial charge >= 0.3 is 0 Å². The van der Waals surface area contributed by atoms with Gasteiger partial charge in [0.1, 0.15) is 5.01 Å².